The zero-order valence-electron chi connectivity index (χ0n) is 21.7. The van der Waals surface area contributed by atoms with E-state index in [4.69, 9.17) is 14.1 Å². The van der Waals surface area contributed by atoms with E-state index in [1.165, 1.54) is 16.7 Å². The molecule has 3 aliphatic rings. The molecule has 2 aromatic rings. The van der Waals surface area contributed by atoms with Crippen molar-refractivity contribution >= 4 is 11.8 Å². The summed E-state index contributed by atoms with van der Waals surface area (Å²) >= 11 is 1.75. The molecule has 1 saturated heterocycles. The first-order valence-corrected chi connectivity index (χ1v) is 14.2. The topological polar surface area (TPSA) is 58.7 Å². The van der Waals surface area contributed by atoms with Gasteiger partial charge in [-0.2, -0.15) is 0 Å². The van der Waals surface area contributed by atoms with E-state index in [1.54, 1.807) is 11.8 Å². The highest BCUT2D eigenvalue weighted by Crippen LogP contribution is 2.35. The summed E-state index contributed by atoms with van der Waals surface area (Å²) in [6, 6.07) is 8.17. The normalized spacial score (nSPS) is 24.0. The van der Waals surface area contributed by atoms with Crippen molar-refractivity contribution in [1.82, 2.24) is 9.88 Å². The number of aliphatic hydroxyl groups excluding tert-OH is 1. The highest BCUT2D eigenvalue weighted by atomic mass is 32.2. The Balaban J connectivity index is 1.18. The number of aromatic nitrogens is 1. The van der Waals surface area contributed by atoms with Gasteiger partial charge in [-0.05, 0) is 66.7 Å². The molecule has 1 aliphatic heterocycles. The van der Waals surface area contributed by atoms with Gasteiger partial charge in [-0.3, -0.25) is 4.90 Å². The Morgan fingerprint density at radius 1 is 1.22 bits per heavy atom. The summed E-state index contributed by atoms with van der Waals surface area (Å²) in [5.74, 6) is 4.07. The maximum Gasteiger partial charge on any atom is 0.202 e. The molecule has 6 heteroatoms. The van der Waals surface area contributed by atoms with E-state index in [0.717, 1.165) is 61.2 Å². The number of allylic oxidation sites excluding steroid dienone is 8. The summed E-state index contributed by atoms with van der Waals surface area (Å²) in [6.45, 7) is 10.0. The molecule has 1 N–H and O–H groups in total. The Hall–Kier alpha value is -2.96. The first-order chi connectivity index (χ1) is 18.0. The van der Waals surface area contributed by atoms with E-state index >= 15 is 0 Å². The molecule has 1 aromatic heterocycles. The van der Waals surface area contributed by atoms with E-state index in [9.17, 15) is 5.11 Å². The molecule has 0 radical (unpaired) electrons. The second kappa shape index (κ2) is 11.6. The molecule has 2 heterocycles. The van der Waals surface area contributed by atoms with Crippen LogP contribution in [0, 0.1) is 12.8 Å². The molecule has 2 aliphatic carbocycles. The fourth-order valence-electron chi connectivity index (χ4n) is 5.11. The van der Waals surface area contributed by atoms with Crippen LogP contribution in [0.2, 0.25) is 0 Å². The molecule has 5 rings (SSSR count). The minimum Gasteiger partial charge on any atom is -0.510 e. The number of rotatable bonds is 8. The lowest BCUT2D eigenvalue weighted by Crippen LogP contribution is -2.38. The Labute approximate surface area is 224 Å². The SMILES string of the molecule is C=C(O)C1SCCCN1Cc1ccc(OCc2nc(C3C=CC(C4=CCCC=C4)=CC3C)oc2C)cc1. The van der Waals surface area contributed by atoms with E-state index < -0.39 is 0 Å². The van der Waals surface area contributed by atoms with E-state index in [2.05, 4.69) is 67.0 Å². The van der Waals surface area contributed by atoms with Gasteiger partial charge in [0.15, 0.2) is 0 Å². The molecular weight excluding hydrogens is 480 g/mol. The second-order valence-electron chi connectivity index (χ2n) is 10.0. The van der Waals surface area contributed by atoms with Crippen LogP contribution in [0.1, 0.15) is 55.0 Å². The summed E-state index contributed by atoms with van der Waals surface area (Å²) in [4.78, 5) is 7.09. The number of aryl methyl sites for hydroxylation is 1. The third-order valence-electron chi connectivity index (χ3n) is 7.18. The fourth-order valence-corrected chi connectivity index (χ4v) is 6.21. The molecule has 0 saturated carbocycles. The number of oxazole rings is 1. The number of hydrogen-bond donors (Lipinski definition) is 1. The highest BCUT2D eigenvalue weighted by Gasteiger charge is 2.26. The van der Waals surface area contributed by atoms with E-state index in [-0.39, 0.29) is 17.1 Å². The van der Waals surface area contributed by atoms with Crippen LogP contribution in [0.25, 0.3) is 0 Å². The second-order valence-corrected chi connectivity index (χ2v) is 11.2. The first-order valence-electron chi connectivity index (χ1n) is 13.2. The zero-order valence-corrected chi connectivity index (χ0v) is 22.5. The molecule has 1 aromatic carbocycles. The van der Waals surface area contributed by atoms with E-state index in [1.807, 2.05) is 19.1 Å². The molecule has 37 heavy (non-hydrogen) atoms. The quantitative estimate of drug-likeness (QED) is 0.369. The molecular formula is C31H36N2O3S. The molecule has 1 fully saturated rings. The van der Waals surface area contributed by atoms with Crippen molar-refractivity contribution in [2.75, 3.05) is 12.3 Å². The lowest BCUT2D eigenvalue weighted by Gasteiger charge is -2.34. The maximum absolute atomic E-state index is 9.93. The van der Waals surface area contributed by atoms with Crippen LogP contribution in [0.4, 0.5) is 0 Å². The van der Waals surface area contributed by atoms with Crippen molar-refractivity contribution in [3.8, 4) is 5.75 Å². The average molecular weight is 517 g/mol. The minimum atomic E-state index is -0.0287. The van der Waals surface area contributed by atoms with Crippen LogP contribution in [-0.2, 0) is 13.2 Å². The van der Waals surface area contributed by atoms with Gasteiger partial charge < -0.3 is 14.3 Å². The van der Waals surface area contributed by atoms with Crippen molar-refractivity contribution < 1.29 is 14.3 Å². The number of aliphatic hydroxyl groups is 1. The van der Waals surface area contributed by atoms with Gasteiger partial charge in [-0.1, -0.05) is 62.1 Å². The maximum atomic E-state index is 9.93. The summed E-state index contributed by atoms with van der Waals surface area (Å²) in [6.07, 6.45) is 16.9. The van der Waals surface area contributed by atoms with Crippen LogP contribution < -0.4 is 4.74 Å². The molecule has 0 spiro atoms. The zero-order chi connectivity index (χ0) is 25.8. The highest BCUT2D eigenvalue weighted by molar-refractivity contribution is 8.00. The van der Waals surface area contributed by atoms with Crippen LogP contribution in [-0.4, -0.2) is 32.7 Å². The van der Waals surface area contributed by atoms with Crippen molar-refractivity contribution in [2.45, 2.75) is 57.6 Å². The van der Waals surface area contributed by atoms with Crippen LogP contribution in [0.5, 0.6) is 5.75 Å². The Kier molecular flexibility index (Phi) is 8.06. The fraction of sp³-hybridized carbons (Fsp3) is 0.387. The van der Waals surface area contributed by atoms with Gasteiger partial charge in [0.25, 0.3) is 0 Å². The predicted octanol–water partition coefficient (Wildman–Crippen LogP) is 7.39. The summed E-state index contributed by atoms with van der Waals surface area (Å²) in [7, 11) is 0. The smallest absolute Gasteiger partial charge is 0.202 e. The third-order valence-corrected chi connectivity index (χ3v) is 8.59. The molecule has 194 valence electrons. The average Bonchev–Trinajstić information content (AvgIpc) is 3.28. The van der Waals surface area contributed by atoms with Gasteiger partial charge in [0.1, 0.15) is 34.9 Å². The van der Waals surface area contributed by atoms with E-state index in [0.29, 0.717) is 12.5 Å². The number of thioether (sulfide) groups is 1. The summed E-state index contributed by atoms with van der Waals surface area (Å²) in [5.41, 5.74) is 4.61. The molecule has 0 bridgehead atoms. The van der Waals surface area contributed by atoms with Gasteiger partial charge in [-0.15, -0.1) is 11.8 Å². The summed E-state index contributed by atoms with van der Waals surface area (Å²) in [5, 5.41) is 9.91. The lowest BCUT2D eigenvalue weighted by atomic mass is 9.84. The number of hydrogen-bond acceptors (Lipinski definition) is 6. The number of ether oxygens (including phenoxy) is 1. The number of nitrogens with zero attached hydrogens (tertiary/aromatic N) is 2. The minimum absolute atomic E-state index is 0.0287. The van der Waals surface area contributed by atoms with Crippen molar-refractivity contribution in [2.24, 2.45) is 5.92 Å². The van der Waals surface area contributed by atoms with Gasteiger partial charge in [0, 0.05) is 13.1 Å². The largest absolute Gasteiger partial charge is 0.510 e. The van der Waals surface area contributed by atoms with Crippen LogP contribution in [0.15, 0.2) is 88.6 Å². The Morgan fingerprint density at radius 2 is 2.05 bits per heavy atom. The number of benzene rings is 1. The first kappa shape index (κ1) is 25.7. The molecule has 5 nitrogen and oxygen atoms in total. The monoisotopic (exact) mass is 516 g/mol. The van der Waals surface area contributed by atoms with Gasteiger partial charge in [-0.25, -0.2) is 4.98 Å². The summed E-state index contributed by atoms with van der Waals surface area (Å²) < 4.78 is 12.2. The van der Waals surface area contributed by atoms with Crippen molar-refractivity contribution in [3.63, 3.8) is 0 Å². The predicted molar refractivity (Wildman–Crippen MR) is 151 cm³/mol. The van der Waals surface area contributed by atoms with Gasteiger partial charge in [0.2, 0.25) is 5.89 Å². The third kappa shape index (κ3) is 6.13. The van der Waals surface area contributed by atoms with Crippen molar-refractivity contribution in [1.29, 1.82) is 0 Å². The Morgan fingerprint density at radius 3 is 2.78 bits per heavy atom. The van der Waals surface area contributed by atoms with Crippen molar-refractivity contribution in [3.05, 3.63) is 107 Å². The van der Waals surface area contributed by atoms with Crippen LogP contribution >= 0.6 is 11.8 Å². The molecule has 3 atom stereocenters. The van der Waals surface area contributed by atoms with Gasteiger partial charge >= 0.3 is 0 Å². The molecule has 0 amide bonds. The lowest BCUT2D eigenvalue weighted by molar-refractivity contribution is 0.216. The van der Waals surface area contributed by atoms with Gasteiger partial charge in [0.05, 0.1) is 5.92 Å². The van der Waals surface area contributed by atoms with Crippen LogP contribution in [0.3, 0.4) is 0 Å². The molecule has 3 unspecified atom stereocenters. The Bertz CT molecular complexity index is 1240. The standard InChI is InChI=1S/C31H36N2O3S/c1-21-18-26(25-8-5-4-6-9-25)12-15-28(21)30-32-29(23(3)36-30)20-35-27-13-10-24(11-14-27)19-33-16-7-17-37-31(33)22(2)34/h5,8-15,18,21,28,31,34H,2,4,6-7,16-17,19-20H2,1,3H3.